The second kappa shape index (κ2) is 12.6. The Labute approximate surface area is 245 Å². The van der Waals surface area contributed by atoms with Crippen molar-refractivity contribution in [3.63, 3.8) is 0 Å². The third-order valence-corrected chi connectivity index (χ3v) is 7.79. The normalized spacial score (nSPS) is 13.1. The fourth-order valence-corrected chi connectivity index (χ4v) is 5.67. The van der Waals surface area contributed by atoms with E-state index >= 15 is 0 Å². The van der Waals surface area contributed by atoms with E-state index in [-0.39, 0.29) is 36.7 Å². The average Bonchev–Trinajstić information content (AvgIpc) is 3.24. The number of anilines is 1. The number of nitrogens with zero attached hydrogens (tertiary/aromatic N) is 2. The molecule has 0 saturated heterocycles. The van der Waals surface area contributed by atoms with E-state index in [0.29, 0.717) is 30.0 Å². The number of carbonyl (C=O) groups is 3. The molecule has 0 bridgehead atoms. The van der Waals surface area contributed by atoms with Gasteiger partial charge in [0.1, 0.15) is 6.04 Å². The van der Waals surface area contributed by atoms with Gasteiger partial charge in [-0.2, -0.15) is 0 Å². The summed E-state index contributed by atoms with van der Waals surface area (Å²) in [6.45, 7) is 4.42. The second-order valence-electron chi connectivity index (χ2n) is 10.7. The summed E-state index contributed by atoms with van der Waals surface area (Å²) >= 11 is 6.51. The van der Waals surface area contributed by atoms with E-state index in [2.05, 4.69) is 5.32 Å². The average molecular weight is 568 g/mol. The van der Waals surface area contributed by atoms with Crippen LogP contribution in [0.25, 0.3) is 10.8 Å². The molecule has 5 rings (SSSR count). The molecule has 0 radical (unpaired) electrons. The lowest BCUT2D eigenvalue weighted by molar-refractivity contribution is -0.141. The van der Waals surface area contributed by atoms with Crippen molar-refractivity contribution in [2.75, 3.05) is 11.4 Å². The van der Waals surface area contributed by atoms with Crippen molar-refractivity contribution in [1.29, 1.82) is 0 Å². The van der Waals surface area contributed by atoms with Crippen molar-refractivity contribution in [2.45, 2.75) is 51.7 Å². The molecular weight excluding hydrogens is 534 g/mol. The Balaban J connectivity index is 1.38. The highest BCUT2D eigenvalue weighted by atomic mass is 35.5. The fourth-order valence-electron chi connectivity index (χ4n) is 5.48. The maximum Gasteiger partial charge on any atom is 0.258 e. The minimum absolute atomic E-state index is 0.0459. The number of hydrogen-bond acceptors (Lipinski definition) is 3. The summed E-state index contributed by atoms with van der Waals surface area (Å²) in [4.78, 5) is 44.1. The molecule has 6 nitrogen and oxygen atoms in total. The first-order chi connectivity index (χ1) is 19.8. The van der Waals surface area contributed by atoms with Crippen LogP contribution in [-0.2, 0) is 22.6 Å². The van der Waals surface area contributed by atoms with Gasteiger partial charge in [-0.25, -0.2) is 0 Å². The Hall–Kier alpha value is -4.16. The van der Waals surface area contributed by atoms with Crippen LogP contribution in [0, 0.1) is 0 Å². The molecule has 0 fully saturated rings. The molecule has 0 spiro atoms. The predicted molar refractivity (Wildman–Crippen MR) is 164 cm³/mol. The van der Waals surface area contributed by atoms with E-state index in [4.69, 9.17) is 11.6 Å². The lowest BCUT2D eigenvalue weighted by atomic mass is 10.0. The molecule has 4 aromatic carbocycles. The monoisotopic (exact) mass is 567 g/mol. The van der Waals surface area contributed by atoms with Crippen molar-refractivity contribution in [3.05, 3.63) is 113 Å². The number of benzene rings is 4. The Kier molecular flexibility index (Phi) is 8.70. The maximum atomic E-state index is 13.9. The van der Waals surface area contributed by atoms with Crippen LogP contribution >= 0.6 is 11.6 Å². The van der Waals surface area contributed by atoms with Crippen molar-refractivity contribution < 1.29 is 14.4 Å². The van der Waals surface area contributed by atoms with E-state index in [1.807, 2.05) is 98.8 Å². The molecular formula is C34H34ClN3O3. The van der Waals surface area contributed by atoms with E-state index in [9.17, 15) is 14.4 Å². The summed E-state index contributed by atoms with van der Waals surface area (Å²) in [7, 11) is 0. The van der Waals surface area contributed by atoms with E-state index in [0.717, 1.165) is 27.6 Å². The fraction of sp³-hybridized carbons (Fsp3) is 0.265. The van der Waals surface area contributed by atoms with Gasteiger partial charge >= 0.3 is 0 Å². The van der Waals surface area contributed by atoms with Gasteiger partial charge < -0.3 is 15.1 Å². The van der Waals surface area contributed by atoms with Gasteiger partial charge in [-0.15, -0.1) is 0 Å². The maximum absolute atomic E-state index is 13.9. The smallest absolute Gasteiger partial charge is 0.258 e. The molecule has 1 aliphatic rings. The highest BCUT2D eigenvalue weighted by Gasteiger charge is 2.32. The Morgan fingerprint density at radius 3 is 2.34 bits per heavy atom. The molecule has 0 saturated carbocycles. The zero-order valence-electron chi connectivity index (χ0n) is 23.3. The van der Waals surface area contributed by atoms with Crippen molar-refractivity contribution in [1.82, 2.24) is 10.2 Å². The minimum atomic E-state index is -0.727. The zero-order chi connectivity index (χ0) is 28.9. The number of amides is 3. The first-order valence-corrected chi connectivity index (χ1v) is 14.4. The molecule has 1 heterocycles. The van der Waals surface area contributed by atoms with Gasteiger partial charge in [-0.05, 0) is 55.0 Å². The van der Waals surface area contributed by atoms with Crippen LogP contribution in [-0.4, -0.2) is 41.2 Å². The van der Waals surface area contributed by atoms with Gasteiger partial charge in [0.25, 0.3) is 5.91 Å². The van der Waals surface area contributed by atoms with Crippen LogP contribution in [0.5, 0.6) is 0 Å². The Morgan fingerprint density at radius 2 is 1.61 bits per heavy atom. The standard InChI is InChI=1S/C34H34ClN3O3/c1-23(2)36-33(40)30(21-24-11-4-3-5-12-24)38(22-26-13-6-7-17-28(26)35)31(39)19-10-20-37-29-18-9-15-25-14-8-16-27(32(25)29)34(37)41/h3-9,11-18,23,30H,10,19-22H2,1-2H3,(H,36,40). The van der Waals surface area contributed by atoms with E-state index in [1.54, 1.807) is 15.9 Å². The van der Waals surface area contributed by atoms with Crippen LogP contribution < -0.4 is 10.2 Å². The Bertz CT molecular complexity index is 1570. The van der Waals surface area contributed by atoms with Gasteiger partial charge in [0.15, 0.2) is 0 Å². The summed E-state index contributed by atoms with van der Waals surface area (Å²) in [6.07, 6.45) is 1.01. The van der Waals surface area contributed by atoms with Gasteiger partial charge in [0, 0.05) is 47.9 Å². The molecule has 210 valence electrons. The predicted octanol–water partition coefficient (Wildman–Crippen LogP) is 6.40. The number of hydrogen-bond donors (Lipinski definition) is 1. The summed E-state index contributed by atoms with van der Waals surface area (Å²) in [5.74, 6) is -0.413. The van der Waals surface area contributed by atoms with Crippen LogP contribution in [0.3, 0.4) is 0 Å². The third-order valence-electron chi connectivity index (χ3n) is 7.42. The molecule has 7 heteroatoms. The van der Waals surface area contributed by atoms with E-state index < -0.39 is 6.04 Å². The van der Waals surface area contributed by atoms with Crippen LogP contribution in [0.2, 0.25) is 5.02 Å². The number of halogens is 1. The molecule has 1 atom stereocenters. The van der Waals surface area contributed by atoms with Gasteiger partial charge in [0.2, 0.25) is 11.8 Å². The summed E-state index contributed by atoms with van der Waals surface area (Å²) in [6, 6.07) is 28.0. The van der Waals surface area contributed by atoms with Gasteiger partial charge in [0.05, 0.1) is 5.69 Å². The lowest BCUT2D eigenvalue weighted by Crippen LogP contribution is -2.51. The number of carbonyl (C=O) groups excluding carboxylic acids is 3. The molecule has 41 heavy (non-hydrogen) atoms. The van der Waals surface area contributed by atoms with Crippen LogP contribution in [0.15, 0.2) is 91.0 Å². The minimum Gasteiger partial charge on any atom is -0.352 e. The van der Waals surface area contributed by atoms with Crippen molar-refractivity contribution >= 4 is 45.8 Å². The molecule has 1 aliphatic heterocycles. The van der Waals surface area contributed by atoms with Crippen LogP contribution in [0.4, 0.5) is 5.69 Å². The topological polar surface area (TPSA) is 69.7 Å². The van der Waals surface area contributed by atoms with Crippen molar-refractivity contribution in [2.24, 2.45) is 0 Å². The highest BCUT2D eigenvalue weighted by molar-refractivity contribution is 6.31. The SMILES string of the molecule is CC(C)NC(=O)C(Cc1ccccc1)N(Cc1ccccc1Cl)C(=O)CCCN1C(=O)c2cccc3cccc1c23. The summed E-state index contributed by atoms with van der Waals surface area (Å²) in [5.41, 5.74) is 3.30. The third kappa shape index (κ3) is 6.28. The first-order valence-electron chi connectivity index (χ1n) is 14.0. The molecule has 4 aromatic rings. The first kappa shape index (κ1) is 28.4. The van der Waals surface area contributed by atoms with Gasteiger partial charge in [-0.1, -0.05) is 84.4 Å². The molecule has 0 aromatic heterocycles. The molecule has 0 aliphatic carbocycles. The van der Waals surface area contributed by atoms with Crippen molar-refractivity contribution in [3.8, 4) is 0 Å². The largest absolute Gasteiger partial charge is 0.352 e. The molecule has 1 unspecified atom stereocenters. The number of rotatable bonds is 11. The quantitative estimate of drug-likeness (QED) is 0.228. The summed E-state index contributed by atoms with van der Waals surface area (Å²) in [5, 5.41) is 5.54. The van der Waals surface area contributed by atoms with E-state index in [1.165, 1.54) is 0 Å². The molecule has 3 amide bonds. The van der Waals surface area contributed by atoms with Crippen LogP contribution in [0.1, 0.15) is 48.2 Å². The Morgan fingerprint density at radius 1 is 0.902 bits per heavy atom. The summed E-state index contributed by atoms with van der Waals surface area (Å²) < 4.78 is 0. The lowest BCUT2D eigenvalue weighted by Gasteiger charge is -2.32. The second-order valence-corrected chi connectivity index (χ2v) is 11.1. The highest BCUT2D eigenvalue weighted by Crippen LogP contribution is 2.37. The zero-order valence-corrected chi connectivity index (χ0v) is 24.1. The van der Waals surface area contributed by atoms with Gasteiger partial charge in [-0.3, -0.25) is 14.4 Å². The number of nitrogens with one attached hydrogen (secondary N) is 1. The molecule has 1 N–H and O–H groups in total.